The second kappa shape index (κ2) is 14.0. The van der Waals surface area contributed by atoms with Gasteiger partial charge in [-0.25, -0.2) is 14.6 Å². The van der Waals surface area contributed by atoms with E-state index in [4.69, 9.17) is 14.5 Å². The Morgan fingerprint density at radius 3 is 2.45 bits per heavy atom. The van der Waals surface area contributed by atoms with Crippen molar-refractivity contribution in [2.24, 2.45) is 0 Å². The van der Waals surface area contributed by atoms with Gasteiger partial charge in [0.05, 0.1) is 11.0 Å². The van der Waals surface area contributed by atoms with Crippen molar-refractivity contribution in [3.05, 3.63) is 78.1 Å². The second-order valence-corrected chi connectivity index (χ2v) is 12.6. The van der Waals surface area contributed by atoms with E-state index in [0.29, 0.717) is 12.3 Å². The van der Waals surface area contributed by atoms with Crippen molar-refractivity contribution in [1.82, 2.24) is 14.9 Å². The number of fused-ring (bicyclic) bond motifs is 1. The molecule has 0 bridgehead atoms. The van der Waals surface area contributed by atoms with Gasteiger partial charge in [-0.3, -0.25) is 0 Å². The molecule has 8 nitrogen and oxygen atoms in total. The van der Waals surface area contributed by atoms with Crippen LogP contribution >= 0.6 is 0 Å². The number of nitrogens with one attached hydrogen (secondary N) is 2. The highest BCUT2D eigenvalue weighted by molar-refractivity contribution is 5.92. The molecule has 5 rings (SSSR count). The molecule has 2 amide bonds. The summed E-state index contributed by atoms with van der Waals surface area (Å²) in [4.78, 5) is 30.0. The van der Waals surface area contributed by atoms with Gasteiger partial charge >= 0.3 is 12.2 Å². The summed E-state index contributed by atoms with van der Waals surface area (Å²) in [5.74, 6) is 1.49. The van der Waals surface area contributed by atoms with Crippen molar-refractivity contribution in [2.75, 3.05) is 5.32 Å². The van der Waals surface area contributed by atoms with Crippen molar-refractivity contribution in [3.8, 4) is 16.9 Å². The fourth-order valence-corrected chi connectivity index (χ4v) is 5.69. The summed E-state index contributed by atoms with van der Waals surface area (Å²) in [7, 11) is 0. The number of urea groups is 1. The zero-order chi connectivity index (χ0) is 31.1. The van der Waals surface area contributed by atoms with Crippen LogP contribution in [0.5, 0.6) is 5.75 Å². The van der Waals surface area contributed by atoms with E-state index in [2.05, 4.69) is 34.3 Å². The van der Waals surface area contributed by atoms with Gasteiger partial charge in [0.1, 0.15) is 17.2 Å². The van der Waals surface area contributed by atoms with Crippen LogP contribution in [0.25, 0.3) is 22.2 Å². The summed E-state index contributed by atoms with van der Waals surface area (Å²) in [6, 6.07) is 21.8. The minimum atomic E-state index is -0.726. The average Bonchev–Trinajstić information content (AvgIpc) is 3.32. The fraction of sp³-hybridized carbons (Fsp3) is 0.417. The molecule has 3 aromatic carbocycles. The number of para-hydroxylation sites is 1. The number of nitrogens with zero attached hydrogens (tertiary/aromatic N) is 2. The maximum absolute atomic E-state index is 12.7. The van der Waals surface area contributed by atoms with Crippen LogP contribution in [-0.4, -0.2) is 33.4 Å². The van der Waals surface area contributed by atoms with E-state index in [1.54, 1.807) is 6.07 Å². The molecule has 1 saturated carbocycles. The van der Waals surface area contributed by atoms with Crippen molar-refractivity contribution < 1.29 is 19.1 Å². The number of ether oxygens (including phenoxy) is 2. The van der Waals surface area contributed by atoms with Crippen LogP contribution in [0, 0.1) is 0 Å². The number of hydrogen-bond acceptors (Lipinski definition) is 5. The minimum absolute atomic E-state index is 0.153. The van der Waals surface area contributed by atoms with Crippen LogP contribution in [0.3, 0.4) is 0 Å². The number of amides is 2. The molecule has 1 aliphatic carbocycles. The molecule has 44 heavy (non-hydrogen) atoms. The Balaban J connectivity index is 1.33. The summed E-state index contributed by atoms with van der Waals surface area (Å²) in [5, 5.41) is 6.14. The van der Waals surface area contributed by atoms with E-state index in [-0.39, 0.29) is 12.1 Å². The summed E-state index contributed by atoms with van der Waals surface area (Å²) in [6.45, 7) is 8.28. The number of carbonyl (C=O) groups is 2. The number of hydrogen-bond donors (Lipinski definition) is 2. The Morgan fingerprint density at radius 1 is 0.977 bits per heavy atom. The van der Waals surface area contributed by atoms with Gasteiger partial charge in [0.2, 0.25) is 0 Å². The van der Waals surface area contributed by atoms with Crippen LogP contribution in [0.2, 0.25) is 0 Å². The number of aryl methyl sites for hydroxylation is 1. The van der Waals surface area contributed by atoms with Crippen LogP contribution in [0.4, 0.5) is 15.3 Å². The molecule has 0 spiro atoms. The van der Waals surface area contributed by atoms with E-state index in [0.717, 1.165) is 71.3 Å². The van der Waals surface area contributed by atoms with Gasteiger partial charge < -0.3 is 24.7 Å². The molecule has 0 unspecified atom stereocenters. The molecular weight excluding hydrogens is 552 g/mol. The number of unbranched alkanes of at least 4 members (excludes halogenated alkanes) is 1. The van der Waals surface area contributed by atoms with Crippen LogP contribution in [0.1, 0.15) is 84.0 Å². The lowest BCUT2D eigenvalue weighted by Crippen LogP contribution is -2.38. The first-order valence-corrected chi connectivity index (χ1v) is 15.8. The molecule has 1 aliphatic rings. The third-order valence-corrected chi connectivity index (χ3v) is 7.85. The molecule has 1 aromatic heterocycles. The van der Waals surface area contributed by atoms with Crippen molar-refractivity contribution >= 4 is 28.9 Å². The molecule has 1 fully saturated rings. The van der Waals surface area contributed by atoms with Crippen molar-refractivity contribution in [3.63, 3.8) is 0 Å². The first-order valence-electron chi connectivity index (χ1n) is 15.8. The largest absolute Gasteiger partial charge is 0.514 e. The van der Waals surface area contributed by atoms with E-state index in [9.17, 15) is 9.59 Å². The molecule has 2 N–H and O–H groups in total. The maximum atomic E-state index is 12.7. The van der Waals surface area contributed by atoms with Gasteiger partial charge in [-0.1, -0.05) is 75.1 Å². The smallest absolute Gasteiger partial charge is 0.428 e. The molecule has 0 radical (unpaired) electrons. The molecular formula is C36H44N4O4. The SMILES string of the molecule is CCCCc1nc2cc(NC(=O)NC3CCCCC3)ccc2n1Cc1ccc(-c2ccccc2OC(=O)OC(C)(C)C)cc1. The van der Waals surface area contributed by atoms with Gasteiger partial charge in [0, 0.05) is 30.3 Å². The number of rotatable bonds is 9. The number of carbonyl (C=O) groups excluding carboxylic acids is 2. The van der Waals surface area contributed by atoms with Crippen molar-refractivity contribution in [1.29, 1.82) is 0 Å². The highest BCUT2D eigenvalue weighted by atomic mass is 16.7. The van der Waals surface area contributed by atoms with E-state index < -0.39 is 11.8 Å². The van der Waals surface area contributed by atoms with Gasteiger partial charge in [0.15, 0.2) is 0 Å². The number of imidazole rings is 1. The quantitative estimate of drug-likeness (QED) is 0.149. The summed E-state index contributed by atoms with van der Waals surface area (Å²) in [5.41, 5.74) is 4.90. The van der Waals surface area contributed by atoms with E-state index in [1.165, 1.54) is 19.3 Å². The third-order valence-electron chi connectivity index (χ3n) is 7.85. The lowest BCUT2D eigenvalue weighted by molar-refractivity contribution is 0.0207. The first-order chi connectivity index (χ1) is 21.2. The Kier molecular flexibility index (Phi) is 9.88. The zero-order valence-electron chi connectivity index (χ0n) is 26.3. The van der Waals surface area contributed by atoms with Crippen LogP contribution in [0.15, 0.2) is 66.7 Å². The van der Waals surface area contributed by atoms with Gasteiger partial charge in [0.25, 0.3) is 0 Å². The highest BCUT2D eigenvalue weighted by Gasteiger charge is 2.20. The molecule has 0 aliphatic heterocycles. The standard InChI is InChI=1S/C36H44N4O4/c1-5-6-16-33-39-30-23-28(38-34(41)37-27-12-8-7-9-13-27)21-22-31(30)40(33)24-25-17-19-26(20-18-25)29-14-10-11-15-32(29)43-35(42)44-36(2,3)4/h10-11,14-15,17-23,27H,5-9,12-13,16,24H2,1-4H3,(H2,37,38,41). The molecule has 4 aromatic rings. The summed E-state index contributed by atoms with van der Waals surface area (Å²) < 4.78 is 13.2. The fourth-order valence-electron chi connectivity index (χ4n) is 5.69. The highest BCUT2D eigenvalue weighted by Crippen LogP contribution is 2.31. The van der Waals surface area contributed by atoms with Crippen LogP contribution < -0.4 is 15.4 Å². The van der Waals surface area contributed by atoms with Gasteiger partial charge in [-0.2, -0.15) is 0 Å². The Morgan fingerprint density at radius 2 is 1.73 bits per heavy atom. The predicted octanol–water partition coefficient (Wildman–Crippen LogP) is 8.86. The maximum Gasteiger partial charge on any atom is 0.514 e. The minimum Gasteiger partial charge on any atom is -0.428 e. The Labute approximate surface area is 260 Å². The molecule has 232 valence electrons. The summed E-state index contributed by atoms with van der Waals surface area (Å²) >= 11 is 0. The number of aromatic nitrogens is 2. The predicted molar refractivity (Wildman–Crippen MR) is 175 cm³/mol. The van der Waals surface area contributed by atoms with E-state index >= 15 is 0 Å². The van der Waals surface area contributed by atoms with Crippen molar-refractivity contribution in [2.45, 2.75) is 97.2 Å². The summed E-state index contributed by atoms with van der Waals surface area (Å²) in [6.07, 6.45) is 7.97. The molecule has 0 saturated heterocycles. The van der Waals surface area contributed by atoms with E-state index in [1.807, 2.05) is 69.3 Å². The Hall–Kier alpha value is -4.33. The molecule has 0 atom stereocenters. The zero-order valence-corrected chi connectivity index (χ0v) is 26.3. The molecule has 1 heterocycles. The number of anilines is 1. The topological polar surface area (TPSA) is 94.5 Å². The van der Waals surface area contributed by atoms with Gasteiger partial charge in [-0.15, -0.1) is 0 Å². The normalized spacial score (nSPS) is 13.9. The number of benzene rings is 3. The lowest BCUT2D eigenvalue weighted by atomic mass is 9.96. The second-order valence-electron chi connectivity index (χ2n) is 12.6. The first kappa shape index (κ1) is 31.1. The lowest BCUT2D eigenvalue weighted by Gasteiger charge is -2.22. The Bertz CT molecular complexity index is 1580. The van der Waals surface area contributed by atoms with Gasteiger partial charge in [-0.05, 0) is 75.4 Å². The third kappa shape index (κ3) is 8.18. The van der Waals surface area contributed by atoms with Crippen LogP contribution in [-0.2, 0) is 17.7 Å². The average molecular weight is 597 g/mol. The monoisotopic (exact) mass is 596 g/mol. The molecule has 8 heteroatoms.